The molecule has 2 atom stereocenters. The van der Waals surface area contributed by atoms with E-state index in [0.717, 1.165) is 31.5 Å². The highest BCUT2D eigenvalue weighted by atomic mass is 19.1. The molecule has 1 aliphatic heterocycles. The fraction of sp³-hybridized carbons (Fsp3) is 0.571. The van der Waals surface area contributed by atoms with Crippen molar-refractivity contribution in [2.24, 2.45) is 0 Å². The van der Waals surface area contributed by atoms with E-state index in [4.69, 9.17) is 9.47 Å². The van der Waals surface area contributed by atoms with Gasteiger partial charge in [0.15, 0.2) is 11.6 Å². The maximum absolute atomic E-state index is 13.6. The van der Waals surface area contributed by atoms with E-state index in [1.165, 1.54) is 13.2 Å². The average Bonchev–Trinajstić information content (AvgIpc) is 2.39. The van der Waals surface area contributed by atoms with Crippen LogP contribution in [0.15, 0.2) is 18.2 Å². The van der Waals surface area contributed by atoms with Gasteiger partial charge in [0, 0.05) is 13.1 Å². The number of ether oxygens (including phenoxy) is 2. The van der Waals surface area contributed by atoms with Crippen molar-refractivity contribution < 1.29 is 13.9 Å². The Morgan fingerprint density at radius 2 is 2.28 bits per heavy atom. The Morgan fingerprint density at radius 3 is 2.94 bits per heavy atom. The van der Waals surface area contributed by atoms with E-state index < -0.39 is 0 Å². The summed E-state index contributed by atoms with van der Waals surface area (Å²) in [5.41, 5.74) is 0.863. The summed E-state index contributed by atoms with van der Waals surface area (Å²) < 4.78 is 24.5. The Morgan fingerprint density at radius 1 is 1.44 bits per heavy atom. The minimum absolute atomic E-state index is 0.0734. The Kier molecular flexibility index (Phi) is 4.55. The molecule has 1 aromatic carbocycles. The quantitative estimate of drug-likeness (QED) is 0.895. The van der Waals surface area contributed by atoms with Gasteiger partial charge in [-0.3, -0.25) is 0 Å². The van der Waals surface area contributed by atoms with Crippen molar-refractivity contribution in [3.05, 3.63) is 29.6 Å². The highest BCUT2D eigenvalue weighted by molar-refractivity contribution is 5.30. The van der Waals surface area contributed by atoms with Gasteiger partial charge in [0.05, 0.1) is 19.3 Å². The maximum atomic E-state index is 13.6. The number of nitrogens with one attached hydrogen (secondary N) is 1. The molecule has 100 valence electrons. The zero-order chi connectivity index (χ0) is 13.0. The molecule has 2 rings (SSSR count). The largest absolute Gasteiger partial charge is 0.494 e. The van der Waals surface area contributed by atoms with Crippen molar-refractivity contribution in [3.8, 4) is 5.75 Å². The third kappa shape index (κ3) is 3.00. The molecule has 1 saturated heterocycles. The summed E-state index contributed by atoms with van der Waals surface area (Å²) in [6.45, 7) is 3.75. The highest BCUT2D eigenvalue weighted by Gasteiger charge is 2.23. The Balaban J connectivity index is 2.08. The molecule has 18 heavy (non-hydrogen) atoms. The number of hydrogen-bond donors (Lipinski definition) is 1. The number of methoxy groups -OCH3 is 1. The van der Waals surface area contributed by atoms with Gasteiger partial charge < -0.3 is 14.8 Å². The topological polar surface area (TPSA) is 30.5 Å². The number of halogens is 1. The van der Waals surface area contributed by atoms with Gasteiger partial charge in [0.1, 0.15) is 0 Å². The average molecular weight is 253 g/mol. The molecule has 0 saturated carbocycles. The fourth-order valence-electron chi connectivity index (χ4n) is 2.28. The molecule has 1 heterocycles. The lowest BCUT2D eigenvalue weighted by Crippen LogP contribution is -2.40. The molecule has 3 nitrogen and oxygen atoms in total. The minimum Gasteiger partial charge on any atom is -0.494 e. The van der Waals surface area contributed by atoms with E-state index in [2.05, 4.69) is 12.2 Å². The van der Waals surface area contributed by atoms with Crippen LogP contribution in [0.5, 0.6) is 5.75 Å². The summed E-state index contributed by atoms with van der Waals surface area (Å²) in [6, 6.07) is 5.01. The van der Waals surface area contributed by atoms with E-state index in [9.17, 15) is 4.39 Å². The van der Waals surface area contributed by atoms with Crippen molar-refractivity contribution in [3.63, 3.8) is 0 Å². The van der Waals surface area contributed by atoms with E-state index in [-0.39, 0.29) is 23.8 Å². The van der Waals surface area contributed by atoms with Crippen LogP contribution in [-0.2, 0) is 4.74 Å². The van der Waals surface area contributed by atoms with Crippen LogP contribution in [-0.4, -0.2) is 26.3 Å². The van der Waals surface area contributed by atoms with Crippen LogP contribution in [0.2, 0.25) is 0 Å². The molecular weight excluding hydrogens is 233 g/mol. The molecule has 0 radical (unpaired) electrons. The van der Waals surface area contributed by atoms with Crippen molar-refractivity contribution in [1.82, 2.24) is 5.32 Å². The predicted octanol–water partition coefficient (Wildman–Crippen LogP) is 2.66. The normalized spacial score (nSPS) is 23.9. The van der Waals surface area contributed by atoms with Gasteiger partial charge in [-0.1, -0.05) is 19.4 Å². The molecular formula is C14H20FNO2. The summed E-state index contributed by atoms with van der Waals surface area (Å²) in [5, 5.41) is 3.34. The molecule has 1 aromatic rings. The minimum atomic E-state index is -0.337. The van der Waals surface area contributed by atoms with Crippen molar-refractivity contribution in [2.45, 2.75) is 32.0 Å². The van der Waals surface area contributed by atoms with Crippen molar-refractivity contribution in [1.29, 1.82) is 0 Å². The van der Waals surface area contributed by atoms with Gasteiger partial charge in [-0.25, -0.2) is 4.39 Å². The lowest BCUT2D eigenvalue weighted by molar-refractivity contribution is -0.0426. The maximum Gasteiger partial charge on any atom is 0.165 e. The standard InChI is InChI=1S/C14H20FNO2/c1-3-4-11-8-16-9-14(18-11)10-5-6-13(17-2)12(15)7-10/h5-7,11,14,16H,3-4,8-9H2,1-2H3. The Hall–Kier alpha value is -1.13. The first kappa shape index (κ1) is 13.3. The van der Waals surface area contributed by atoms with Gasteiger partial charge in [0.25, 0.3) is 0 Å². The SMILES string of the molecule is CCCC1CNCC(c2ccc(OC)c(F)c2)O1. The molecule has 4 heteroatoms. The fourth-order valence-corrected chi connectivity index (χ4v) is 2.28. The van der Waals surface area contributed by atoms with Crippen LogP contribution in [0.3, 0.4) is 0 Å². The lowest BCUT2D eigenvalue weighted by Gasteiger charge is -2.31. The zero-order valence-electron chi connectivity index (χ0n) is 10.9. The van der Waals surface area contributed by atoms with Gasteiger partial charge in [-0.2, -0.15) is 0 Å². The third-order valence-electron chi connectivity index (χ3n) is 3.22. The summed E-state index contributed by atoms with van der Waals surface area (Å²) in [7, 11) is 1.47. The molecule has 0 spiro atoms. The summed E-state index contributed by atoms with van der Waals surface area (Å²) >= 11 is 0. The number of morpholine rings is 1. The number of benzene rings is 1. The molecule has 1 aliphatic rings. The first-order valence-electron chi connectivity index (χ1n) is 6.44. The van der Waals surface area contributed by atoms with E-state index in [1.807, 2.05) is 6.07 Å². The smallest absolute Gasteiger partial charge is 0.165 e. The molecule has 1 N–H and O–H groups in total. The zero-order valence-corrected chi connectivity index (χ0v) is 10.9. The second-order valence-corrected chi connectivity index (χ2v) is 4.59. The van der Waals surface area contributed by atoms with Crippen LogP contribution in [0.1, 0.15) is 31.4 Å². The van der Waals surface area contributed by atoms with E-state index in [0.29, 0.717) is 0 Å². The van der Waals surface area contributed by atoms with Crippen LogP contribution in [0.4, 0.5) is 4.39 Å². The second kappa shape index (κ2) is 6.16. The molecule has 0 aliphatic carbocycles. The van der Waals surface area contributed by atoms with Crippen molar-refractivity contribution in [2.75, 3.05) is 20.2 Å². The molecule has 1 fully saturated rings. The van der Waals surface area contributed by atoms with Crippen molar-refractivity contribution >= 4 is 0 Å². The van der Waals surface area contributed by atoms with Gasteiger partial charge in [0.2, 0.25) is 0 Å². The van der Waals surface area contributed by atoms with Crippen LogP contribution in [0.25, 0.3) is 0 Å². The monoisotopic (exact) mass is 253 g/mol. The number of hydrogen-bond acceptors (Lipinski definition) is 3. The van der Waals surface area contributed by atoms with Crippen LogP contribution >= 0.6 is 0 Å². The molecule has 0 bridgehead atoms. The van der Waals surface area contributed by atoms with E-state index in [1.54, 1.807) is 6.07 Å². The second-order valence-electron chi connectivity index (χ2n) is 4.59. The summed E-state index contributed by atoms with van der Waals surface area (Å²) in [4.78, 5) is 0. The van der Waals surface area contributed by atoms with Crippen LogP contribution in [0, 0.1) is 5.82 Å². The Labute approximate surface area is 107 Å². The first-order valence-corrected chi connectivity index (χ1v) is 6.44. The molecule has 2 unspecified atom stereocenters. The van der Waals surface area contributed by atoms with Crippen LogP contribution < -0.4 is 10.1 Å². The highest BCUT2D eigenvalue weighted by Crippen LogP contribution is 2.26. The summed E-state index contributed by atoms with van der Waals surface area (Å²) in [6.07, 6.45) is 2.27. The van der Waals surface area contributed by atoms with Gasteiger partial charge >= 0.3 is 0 Å². The third-order valence-corrected chi connectivity index (χ3v) is 3.22. The molecule has 0 amide bonds. The summed E-state index contributed by atoms with van der Waals surface area (Å²) in [5.74, 6) is -0.0659. The lowest BCUT2D eigenvalue weighted by atomic mass is 10.1. The molecule has 0 aromatic heterocycles. The van der Waals surface area contributed by atoms with Gasteiger partial charge in [-0.15, -0.1) is 0 Å². The first-order chi connectivity index (χ1) is 8.74. The van der Waals surface area contributed by atoms with Gasteiger partial charge in [-0.05, 0) is 24.1 Å². The number of rotatable bonds is 4. The predicted molar refractivity (Wildman–Crippen MR) is 68.3 cm³/mol. The van der Waals surface area contributed by atoms with E-state index >= 15 is 0 Å². The Bertz CT molecular complexity index is 395.